The molecule has 2 unspecified atom stereocenters. The molecule has 2 aliphatic heterocycles. The van der Waals surface area contributed by atoms with E-state index in [2.05, 4.69) is 41.4 Å². The number of nitrogens with one attached hydrogen (secondary N) is 1. The van der Waals surface area contributed by atoms with Gasteiger partial charge in [-0.2, -0.15) is 5.26 Å². The maximum Gasteiger partial charge on any atom is 0.224 e. The summed E-state index contributed by atoms with van der Waals surface area (Å²) in [5, 5.41) is 12.6. The number of hydrogen-bond donors (Lipinski definition) is 1. The van der Waals surface area contributed by atoms with Crippen LogP contribution < -0.4 is 15.1 Å². The van der Waals surface area contributed by atoms with Gasteiger partial charge in [-0.25, -0.2) is 0 Å². The van der Waals surface area contributed by atoms with Gasteiger partial charge in [0.2, 0.25) is 5.91 Å². The Hall–Kier alpha value is -3.04. The van der Waals surface area contributed by atoms with Crippen molar-refractivity contribution < 1.29 is 9.53 Å². The number of nitrogens with zero attached hydrogens (tertiary/aromatic N) is 3. The molecule has 0 spiro atoms. The van der Waals surface area contributed by atoms with Crippen LogP contribution in [0.1, 0.15) is 37.4 Å². The molecule has 0 aliphatic carbocycles. The molecule has 1 saturated heterocycles. The average molecular weight is 390 g/mol. The van der Waals surface area contributed by atoms with E-state index in [1.54, 1.807) is 6.92 Å². The second kappa shape index (κ2) is 8.14. The minimum absolute atomic E-state index is 0.0645. The molecule has 0 bridgehead atoms. The fraction of sp³-hybridized carbons (Fsp3) is 0.391. The number of anilines is 3. The predicted octanol–water partition coefficient (Wildman–Crippen LogP) is 3.69. The molecule has 1 N–H and O–H groups in total. The molecule has 29 heavy (non-hydrogen) atoms. The summed E-state index contributed by atoms with van der Waals surface area (Å²) in [5.41, 5.74) is 4.88. The number of benzene rings is 2. The molecule has 1 amide bonds. The highest BCUT2D eigenvalue weighted by molar-refractivity contribution is 5.94. The number of morpholine rings is 1. The van der Waals surface area contributed by atoms with Crippen LogP contribution in [0.4, 0.5) is 17.1 Å². The molecule has 2 heterocycles. The molecular weight excluding hydrogens is 364 g/mol. The van der Waals surface area contributed by atoms with Gasteiger partial charge in [0, 0.05) is 48.7 Å². The molecule has 0 saturated carbocycles. The first-order chi connectivity index (χ1) is 14.1. The number of rotatable bonds is 3. The van der Waals surface area contributed by atoms with Gasteiger partial charge in [-0.1, -0.05) is 0 Å². The maximum absolute atomic E-state index is 12.3. The summed E-state index contributed by atoms with van der Waals surface area (Å²) in [6, 6.07) is 16.3. The first kappa shape index (κ1) is 19.3. The molecule has 2 aliphatic rings. The van der Waals surface area contributed by atoms with E-state index in [4.69, 9.17) is 10.00 Å². The molecule has 6 nitrogen and oxygen atoms in total. The quantitative estimate of drug-likeness (QED) is 0.866. The van der Waals surface area contributed by atoms with Crippen LogP contribution in [0, 0.1) is 11.3 Å². The van der Waals surface area contributed by atoms with Gasteiger partial charge in [0.05, 0.1) is 30.9 Å². The maximum atomic E-state index is 12.3. The van der Waals surface area contributed by atoms with Crippen molar-refractivity contribution in [3.8, 4) is 6.07 Å². The molecular formula is C23H26N4O2. The summed E-state index contributed by atoms with van der Waals surface area (Å²) in [5.74, 6) is 0.0645. The molecule has 0 aromatic heterocycles. The van der Waals surface area contributed by atoms with Crippen molar-refractivity contribution in [3.63, 3.8) is 0 Å². The van der Waals surface area contributed by atoms with Crippen LogP contribution in [0.25, 0.3) is 0 Å². The van der Waals surface area contributed by atoms with E-state index >= 15 is 0 Å². The van der Waals surface area contributed by atoms with Crippen LogP contribution in [-0.2, 0) is 9.53 Å². The summed E-state index contributed by atoms with van der Waals surface area (Å²) in [6.07, 6.45) is 0.819. The fourth-order valence-electron chi connectivity index (χ4n) is 4.33. The van der Waals surface area contributed by atoms with E-state index in [0.717, 1.165) is 55.3 Å². The number of ether oxygens (including phenoxy) is 1. The average Bonchev–Trinajstić information content (AvgIpc) is 2.74. The van der Waals surface area contributed by atoms with Gasteiger partial charge in [0.1, 0.15) is 0 Å². The zero-order chi connectivity index (χ0) is 20.4. The van der Waals surface area contributed by atoms with E-state index in [1.807, 2.05) is 29.2 Å². The summed E-state index contributed by atoms with van der Waals surface area (Å²) in [6.45, 7) is 6.94. The lowest BCUT2D eigenvalue weighted by molar-refractivity contribution is -0.117. The van der Waals surface area contributed by atoms with Crippen LogP contribution in [0.2, 0.25) is 0 Å². The van der Waals surface area contributed by atoms with Crippen molar-refractivity contribution >= 4 is 23.0 Å². The van der Waals surface area contributed by atoms with Crippen LogP contribution in [-0.4, -0.2) is 38.3 Å². The molecule has 0 radical (unpaired) electrons. The molecule has 4 rings (SSSR count). The Labute approximate surface area is 171 Å². The Kier molecular flexibility index (Phi) is 5.41. The molecule has 1 fully saturated rings. The lowest BCUT2D eigenvalue weighted by Gasteiger charge is -2.40. The SMILES string of the molecule is CC(=O)N1c2ccc(N3CCOCC3)cc2C(Nc2ccc(C#N)cc2)CC1C. The molecule has 2 aromatic carbocycles. The third-order valence-corrected chi connectivity index (χ3v) is 5.73. The van der Waals surface area contributed by atoms with E-state index in [1.165, 1.54) is 0 Å². The van der Waals surface area contributed by atoms with Crippen molar-refractivity contribution in [2.24, 2.45) is 0 Å². The molecule has 6 heteroatoms. The van der Waals surface area contributed by atoms with Gasteiger partial charge in [0.15, 0.2) is 0 Å². The van der Waals surface area contributed by atoms with Gasteiger partial charge in [-0.15, -0.1) is 0 Å². The summed E-state index contributed by atoms with van der Waals surface area (Å²) in [7, 11) is 0. The Morgan fingerprint density at radius 2 is 1.90 bits per heavy atom. The van der Waals surface area contributed by atoms with Gasteiger partial charge in [-0.3, -0.25) is 4.79 Å². The Morgan fingerprint density at radius 1 is 1.17 bits per heavy atom. The second-order valence-electron chi connectivity index (χ2n) is 7.70. The summed E-state index contributed by atoms with van der Waals surface area (Å²) in [4.78, 5) is 16.6. The number of nitriles is 1. The lowest BCUT2D eigenvalue weighted by atomic mass is 9.90. The number of amides is 1. The smallest absolute Gasteiger partial charge is 0.224 e. The highest BCUT2D eigenvalue weighted by Gasteiger charge is 2.33. The van der Waals surface area contributed by atoms with E-state index in [9.17, 15) is 4.79 Å². The number of carbonyl (C=O) groups is 1. The molecule has 2 atom stereocenters. The number of fused-ring (bicyclic) bond motifs is 1. The Bertz CT molecular complexity index is 929. The van der Waals surface area contributed by atoms with Crippen molar-refractivity contribution in [2.75, 3.05) is 41.4 Å². The van der Waals surface area contributed by atoms with Crippen molar-refractivity contribution in [1.29, 1.82) is 5.26 Å². The first-order valence-electron chi connectivity index (χ1n) is 10.1. The third kappa shape index (κ3) is 3.92. The highest BCUT2D eigenvalue weighted by Crippen LogP contribution is 2.41. The summed E-state index contributed by atoms with van der Waals surface area (Å²) >= 11 is 0. The number of carbonyl (C=O) groups excluding carboxylic acids is 1. The van der Waals surface area contributed by atoms with Gasteiger partial charge in [0.25, 0.3) is 0 Å². The Balaban J connectivity index is 1.69. The van der Waals surface area contributed by atoms with Crippen molar-refractivity contribution in [1.82, 2.24) is 0 Å². The lowest BCUT2D eigenvalue weighted by Crippen LogP contribution is -2.43. The van der Waals surface area contributed by atoms with E-state index in [0.29, 0.717) is 5.56 Å². The third-order valence-electron chi connectivity index (χ3n) is 5.73. The zero-order valence-corrected chi connectivity index (χ0v) is 16.9. The number of hydrogen-bond acceptors (Lipinski definition) is 5. The van der Waals surface area contributed by atoms with Gasteiger partial charge in [-0.05, 0) is 55.8 Å². The van der Waals surface area contributed by atoms with E-state index < -0.39 is 0 Å². The second-order valence-corrected chi connectivity index (χ2v) is 7.70. The highest BCUT2D eigenvalue weighted by atomic mass is 16.5. The monoisotopic (exact) mass is 390 g/mol. The summed E-state index contributed by atoms with van der Waals surface area (Å²) < 4.78 is 5.49. The van der Waals surface area contributed by atoms with Crippen LogP contribution in [0.3, 0.4) is 0 Å². The minimum atomic E-state index is 0.0645. The largest absolute Gasteiger partial charge is 0.378 e. The normalized spacial score (nSPS) is 21.3. The van der Waals surface area contributed by atoms with Crippen molar-refractivity contribution in [3.05, 3.63) is 53.6 Å². The standard InChI is InChI=1S/C23H26N4O2/c1-16-13-22(25-19-5-3-18(15-24)4-6-19)21-14-20(26-9-11-29-12-10-26)7-8-23(21)27(16)17(2)28/h3-8,14,16,22,25H,9-13H2,1-2H3. The van der Waals surface area contributed by atoms with Crippen LogP contribution in [0.5, 0.6) is 0 Å². The van der Waals surface area contributed by atoms with Gasteiger partial charge < -0.3 is 19.9 Å². The Morgan fingerprint density at radius 3 is 2.55 bits per heavy atom. The zero-order valence-electron chi connectivity index (χ0n) is 16.9. The van der Waals surface area contributed by atoms with Crippen LogP contribution in [0.15, 0.2) is 42.5 Å². The van der Waals surface area contributed by atoms with Gasteiger partial charge >= 0.3 is 0 Å². The molecule has 2 aromatic rings. The first-order valence-corrected chi connectivity index (χ1v) is 10.1. The van der Waals surface area contributed by atoms with Crippen LogP contribution >= 0.6 is 0 Å². The topological polar surface area (TPSA) is 68.6 Å². The predicted molar refractivity (Wildman–Crippen MR) is 114 cm³/mol. The molecule has 150 valence electrons. The van der Waals surface area contributed by atoms with Crippen molar-refractivity contribution in [2.45, 2.75) is 32.4 Å². The minimum Gasteiger partial charge on any atom is -0.378 e. The fourth-order valence-corrected chi connectivity index (χ4v) is 4.33. The van der Waals surface area contributed by atoms with E-state index in [-0.39, 0.29) is 18.0 Å².